The Labute approximate surface area is 503 Å². The zero-order valence-electron chi connectivity index (χ0n) is 51.7. The Kier molecular flexibility index (Phi) is 27.1. The SMILES string of the molecule is CCc1c2[nH]c(c1C)C=c1[nH]c(c(C)c1CC)=C(/C=C/CC(=O)O)c1[nH]c(c(CCC(=O)OCc3cc(OCCOCCOCCOC)c(OCCOCCOCCOC)c(OCCOCCOCCOC)c3)c1C)C1=c3[nH]c(c(C)c3C(O)C1)=C2. The van der Waals surface area contributed by atoms with Crippen LogP contribution in [0.25, 0.3) is 23.3 Å². The minimum atomic E-state index is -0.955. The number of benzene rings is 1. The summed E-state index contributed by atoms with van der Waals surface area (Å²) in [5.41, 5.74) is 13.8. The number of esters is 1. The number of methoxy groups -OCH3 is 3. The van der Waals surface area contributed by atoms with E-state index in [2.05, 4.69) is 59.8 Å². The van der Waals surface area contributed by atoms with Crippen molar-refractivity contribution in [3.05, 3.63) is 119 Å². The normalized spacial score (nSPS) is 13.7. The van der Waals surface area contributed by atoms with Crippen molar-refractivity contribution >= 4 is 35.2 Å². The number of carbonyl (C=O) groups is 2. The third-order valence-electron chi connectivity index (χ3n) is 15.2. The van der Waals surface area contributed by atoms with Crippen LogP contribution in [0.4, 0.5) is 0 Å². The highest BCUT2D eigenvalue weighted by atomic mass is 16.6. The van der Waals surface area contributed by atoms with E-state index in [4.69, 9.17) is 61.6 Å². The van der Waals surface area contributed by atoms with Gasteiger partial charge in [0.15, 0.2) is 11.5 Å². The van der Waals surface area contributed by atoms with Crippen LogP contribution >= 0.6 is 0 Å². The number of aliphatic hydroxyl groups excluding tert-OH is 1. The molecular formula is C65H90N4O17. The fraction of sp³-hybridized carbons (Fsp3) is 0.538. The lowest BCUT2D eigenvalue weighted by molar-refractivity contribution is -0.145. The molecule has 472 valence electrons. The summed E-state index contributed by atoms with van der Waals surface area (Å²) < 4.78 is 74.3. The van der Waals surface area contributed by atoms with E-state index in [1.54, 1.807) is 39.5 Å². The number of rotatable bonds is 40. The number of hydrogen-bond donors (Lipinski definition) is 6. The van der Waals surface area contributed by atoms with Gasteiger partial charge in [-0.15, -0.1) is 0 Å². The van der Waals surface area contributed by atoms with Crippen molar-refractivity contribution < 1.29 is 81.4 Å². The number of aliphatic carboxylic acids is 1. The van der Waals surface area contributed by atoms with Gasteiger partial charge in [0, 0.05) is 78.7 Å². The van der Waals surface area contributed by atoms with E-state index >= 15 is 0 Å². The van der Waals surface area contributed by atoms with E-state index in [9.17, 15) is 19.8 Å². The number of fused-ring (bicyclic) bond motifs is 8. The lowest BCUT2D eigenvalue weighted by Gasteiger charge is -2.19. The van der Waals surface area contributed by atoms with Crippen LogP contribution in [-0.2, 0) is 82.8 Å². The number of carbonyl (C=O) groups excluding carboxylic acids is 1. The molecule has 2 aliphatic rings. The first-order valence-corrected chi connectivity index (χ1v) is 29.8. The van der Waals surface area contributed by atoms with E-state index in [1.807, 2.05) is 19.9 Å². The topological polar surface area (TPSA) is 258 Å². The lowest BCUT2D eigenvalue weighted by atomic mass is 9.97. The van der Waals surface area contributed by atoms with E-state index in [-0.39, 0.29) is 65.5 Å². The number of carboxylic acid groups (broad SMARTS) is 1. The molecule has 5 aromatic rings. The summed E-state index contributed by atoms with van der Waals surface area (Å²) >= 11 is 0. The lowest BCUT2D eigenvalue weighted by Crippen LogP contribution is -2.16. The van der Waals surface area contributed by atoms with Crippen molar-refractivity contribution in [3.63, 3.8) is 0 Å². The second kappa shape index (κ2) is 34.7. The third-order valence-corrected chi connectivity index (χ3v) is 15.2. The molecule has 8 bridgehead atoms. The largest absolute Gasteiger partial charge is 0.487 e. The van der Waals surface area contributed by atoms with Crippen molar-refractivity contribution in [1.29, 1.82) is 0 Å². The molecule has 1 aromatic carbocycles. The van der Waals surface area contributed by atoms with Gasteiger partial charge < -0.3 is 91.7 Å². The monoisotopic (exact) mass is 1200 g/mol. The number of carboxylic acids is 1. The van der Waals surface area contributed by atoms with E-state index in [1.165, 1.54) is 5.56 Å². The molecule has 0 radical (unpaired) electrons. The molecular weight excluding hydrogens is 1110 g/mol. The van der Waals surface area contributed by atoms with Crippen LogP contribution in [0.3, 0.4) is 0 Å². The highest BCUT2D eigenvalue weighted by molar-refractivity contribution is 5.81. The summed E-state index contributed by atoms with van der Waals surface area (Å²) in [5, 5.41) is 25.2. The minimum absolute atomic E-state index is 0.000130. The Morgan fingerprint density at radius 2 is 1.09 bits per heavy atom. The molecule has 0 fully saturated rings. The van der Waals surface area contributed by atoms with Gasteiger partial charge in [-0.2, -0.15) is 0 Å². The van der Waals surface area contributed by atoms with Crippen LogP contribution < -0.4 is 35.6 Å². The second-order valence-electron chi connectivity index (χ2n) is 20.9. The van der Waals surface area contributed by atoms with Crippen molar-refractivity contribution in [3.8, 4) is 17.2 Å². The average molecular weight is 1200 g/mol. The molecule has 1 aliphatic heterocycles. The van der Waals surface area contributed by atoms with Crippen molar-refractivity contribution in [2.45, 2.75) is 92.8 Å². The maximum Gasteiger partial charge on any atom is 0.307 e. The number of nitrogens with one attached hydrogen (secondary N) is 4. The Balaban J connectivity index is 1.21. The van der Waals surface area contributed by atoms with E-state index in [0.717, 1.165) is 107 Å². The molecule has 21 nitrogen and oxygen atoms in total. The number of aromatic nitrogens is 4. The fourth-order valence-corrected chi connectivity index (χ4v) is 10.8. The van der Waals surface area contributed by atoms with Gasteiger partial charge in [0.25, 0.3) is 0 Å². The molecule has 21 heteroatoms. The summed E-state index contributed by atoms with van der Waals surface area (Å²) in [6.45, 7) is 18.8. The first-order chi connectivity index (χ1) is 41.8. The quantitative estimate of drug-likeness (QED) is 0.0222. The van der Waals surface area contributed by atoms with Gasteiger partial charge in [-0.1, -0.05) is 26.0 Å². The van der Waals surface area contributed by atoms with Crippen LogP contribution in [-0.4, -0.2) is 182 Å². The van der Waals surface area contributed by atoms with Crippen LogP contribution in [0.5, 0.6) is 17.2 Å². The number of aromatic amines is 4. The molecule has 4 aromatic heterocycles. The zero-order valence-corrected chi connectivity index (χ0v) is 51.7. The van der Waals surface area contributed by atoms with Crippen molar-refractivity contribution in [2.75, 3.05) is 140 Å². The van der Waals surface area contributed by atoms with E-state index < -0.39 is 18.0 Å². The van der Waals surface area contributed by atoms with Crippen LogP contribution in [0.2, 0.25) is 0 Å². The van der Waals surface area contributed by atoms with E-state index in [0.29, 0.717) is 109 Å². The van der Waals surface area contributed by atoms with Gasteiger partial charge in [-0.25, -0.2) is 0 Å². The zero-order chi connectivity index (χ0) is 61.4. The second-order valence-corrected chi connectivity index (χ2v) is 20.9. The average Bonchev–Trinajstić information content (AvgIpc) is 2.11. The molecule has 7 rings (SSSR count). The third kappa shape index (κ3) is 18.1. The highest BCUT2D eigenvalue weighted by Crippen LogP contribution is 2.40. The summed E-state index contributed by atoms with van der Waals surface area (Å²) in [4.78, 5) is 41.3. The number of ether oxygens (including phenoxy) is 13. The number of aliphatic hydroxyl groups is 1. The molecule has 0 saturated heterocycles. The molecule has 0 spiro atoms. The summed E-state index contributed by atoms with van der Waals surface area (Å²) in [5.74, 6) is -0.395. The van der Waals surface area contributed by atoms with Gasteiger partial charge in [-0.05, 0) is 116 Å². The van der Waals surface area contributed by atoms with Crippen LogP contribution in [0, 0.1) is 27.7 Å². The molecule has 0 amide bonds. The smallest absolute Gasteiger partial charge is 0.307 e. The first-order valence-electron chi connectivity index (χ1n) is 29.8. The van der Waals surface area contributed by atoms with Crippen molar-refractivity contribution in [1.82, 2.24) is 19.9 Å². The van der Waals surface area contributed by atoms with Gasteiger partial charge in [0.05, 0.1) is 128 Å². The molecule has 86 heavy (non-hydrogen) atoms. The number of H-pyrrole nitrogens is 4. The van der Waals surface area contributed by atoms with Gasteiger partial charge in [0.2, 0.25) is 5.75 Å². The molecule has 1 atom stereocenters. The Morgan fingerprint density at radius 1 is 0.570 bits per heavy atom. The molecule has 1 aliphatic carbocycles. The fourth-order valence-electron chi connectivity index (χ4n) is 10.8. The number of hydrogen-bond acceptors (Lipinski definition) is 16. The maximum atomic E-state index is 14.2. The minimum Gasteiger partial charge on any atom is -0.487 e. The Bertz CT molecular complexity index is 3250. The molecule has 6 N–H and O–H groups in total. The number of allylic oxidation sites excluding steroid dienone is 1. The van der Waals surface area contributed by atoms with Crippen LogP contribution in [0.15, 0.2) is 24.3 Å². The standard InChI is InChI=1S/C65H90N4O17/c1-10-46-41(3)51-38-54-47(11-2)42(4)61(68-54)49(13-12-14-58(71)72)62-43(5)48(63(69-62)50-37-55(70)60-44(6)52(67-64(50)60)39-53(46)66-51)15-16-59(73)86-40-45-35-56(83-32-29-80-26-23-77-20-17-74-7)65(85-34-31-82-28-25-79-22-19-76-9)57(36-45)84-33-30-81-27-24-78-21-18-75-8/h12-13,35-36,38-39,55,66-70H,10-11,14-34,37,40H2,1-9H3,(H,71,72)/b13-12+,51-38?,52-39?,53-39?,54-38?,61-49?,62-49?,63-50?. The van der Waals surface area contributed by atoms with Crippen molar-refractivity contribution in [2.24, 2.45) is 0 Å². The Morgan fingerprint density at radius 3 is 1.64 bits per heavy atom. The summed E-state index contributed by atoms with van der Waals surface area (Å²) in [6.07, 6.45) is 9.01. The molecule has 1 unspecified atom stereocenters. The van der Waals surface area contributed by atoms with Gasteiger partial charge in [-0.3, -0.25) is 9.59 Å². The maximum absolute atomic E-state index is 14.2. The summed E-state index contributed by atoms with van der Waals surface area (Å²) in [6, 6.07) is 3.52. The predicted octanol–water partition coefficient (Wildman–Crippen LogP) is 5.05. The van der Waals surface area contributed by atoms with Gasteiger partial charge >= 0.3 is 11.9 Å². The van der Waals surface area contributed by atoms with Gasteiger partial charge in [0.1, 0.15) is 26.4 Å². The Hall–Kier alpha value is -6.50. The predicted molar refractivity (Wildman–Crippen MR) is 324 cm³/mol. The first kappa shape index (κ1) is 67.0. The highest BCUT2D eigenvalue weighted by Gasteiger charge is 2.31. The molecule has 0 saturated carbocycles. The molecule has 5 heterocycles. The summed E-state index contributed by atoms with van der Waals surface area (Å²) in [7, 11) is 4.86. The van der Waals surface area contributed by atoms with Crippen LogP contribution in [0.1, 0.15) is 112 Å².